The van der Waals surface area contributed by atoms with Gasteiger partial charge in [0, 0.05) is 17.6 Å². The number of aryl methyl sites for hydroxylation is 1. The molecular formula is C20H17BrN2O2. The number of benzene rings is 2. The molecule has 0 atom stereocenters. The van der Waals surface area contributed by atoms with Crippen molar-refractivity contribution in [2.24, 2.45) is 12.0 Å². The number of pyridine rings is 1. The maximum Gasteiger partial charge on any atom is 0.224 e. The predicted molar refractivity (Wildman–Crippen MR) is 104 cm³/mol. The number of halogens is 1. The smallest absolute Gasteiger partial charge is 0.224 e. The minimum atomic E-state index is -0.164. The molecule has 0 fully saturated rings. The summed E-state index contributed by atoms with van der Waals surface area (Å²) in [5, 5.41) is 0. The van der Waals surface area contributed by atoms with E-state index in [2.05, 4.69) is 20.9 Å². The van der Waals surface area contributed by atoms with Crippen LogP contribution in [0.25, 0.3) is 0 Å². The van der Waals surface area contributed by atoms with Crippen molar-refractivity contribution in [1.29, 1.82) is 0 Å². The van der Waals surface area contributed by atoms with Gasteiger partial charge in [0.05, 0.1) is 23.8 Å². The van der Waals surface area contributed by atoms with Gasteiger partial charge in [-0.1, -0.05) is 42.5 Å². The van der Waals surface area contributed by atoms with Gasteiger partial charge in [0.15, 0.2) is 5.75 Å². The van der Waals surface area contributed by atoms with Gasteiger partial charge in [0.25, 0.3) is 0 Å². The Morgan fingerprint density at radius 1 is 1.12 bits per heavy atom. The second kappa shape index (κ2) is 7.94. The lowest BCUT2D eigenvalue weighted by atomic mass is 10.2. The highest BCUT2D eigenvalue weighted by Crippen LogP contribution is 2.24. The number of hydrogen-bond donors (Lipinski definition) is 0. The summed E-state index contributed by atoms with van der Waals surface area (Å²) in [5.41, 5.74) is 2.36. The highest BCUT2D eigenvalue weighted by atomic mass is 79.9. The molecule has 0 unspecified atom stereocenters. The van der Waals surface area contributed by atoms with E-state index in [1.54, 1.807) is 12.4 Å². The predicted octanol–water partition coefficient (Wildman–Crippen LogP) is 4.48. The molecule has 0 aliphatic carbocycles. The molecule has 5 heteroatoms. The molecule has 0 spiro atoms. The molecule has 2 aromatic carbocycles. The number of hydrogen-bond acceptors (Lipinski definition) is 3. The van der Waals surface area contributed by atoms with Crippen LogP contribution in [0.4, 0.5) is 5.69 Å². The Balaban J connectivity index is 1.78. The number of ether oxygens (including phenoxy) is 1. The molecular weight excluding hydrogens is 380 g/mol. The Kier molecular flexibility index (Phi) is 5.46. The molecule has 0 N–H and O–H groups in total. The van der Waals surface area contributed by atoms with Crippen molar-refractivity contribution in [3.63, 3.8) is 0 Å². The van der Waals surface area contributed by atoms with Crippen molar-refractivity contribution in [2.45, 2.75) is 6.61 Å². The SMILES string of the molecule is Cn1cc(OCc2ccccc2)c(=O)cc1C=Nc1ccccc1Br. The van der Waals surface area contributed by atoms with Gasteiger partial charge in [-0.2, -0.15) is 0 Å². The second-order valence-electron chi connectivity index (χ2n) is 5.52. The molecule has 4 nitrogen and oxygen atoms in total. The highest BCUT2D eigenvalue weighted by Gasteiger charge is 2.05. The fourth-order valence-electron chi connectivity index (χ4n) is 2.29. The number of nitrogens with zero attached hydrogens (tertiary/aromatic N) is 2. The van der Waals surface area contributed by atoms with Gasteiger partial charge in [-0.15, -0.1) is 0 Å². The first-order chi connectivity index (χ1) is 12.1. The Morgan fingerprint density at radius 3 is 2.60 bits per heavy atom. The lowest BCUT2D eigenvalue weighted by molar-refractivity contribution is 0.300. The third-order valence-corrected chi connectivity index (χ3v) is 4.34. The van der Waals surface area contributed by atoms with Crippen LogP contribution in [0, 0.1) is 0 Å². The van der Waals surface area contributed by atoms with Crippen LogP contribution in [0.15, 0.2) is 81.1 Å². The number of rotatable bonds is 5. The molecule has 0 amide bonds. The first-order valence-corrected chi connectivity index (χ1v) is 8.59. The monoisotopic (exact) mass is 396 g/mol. The maximum absolute atomic E-state index is 12.3. The summed E-state index contributed by atoms with van der Waals surface area (Å²) in [5.74, 6) is 0.324. The van der Waals surface area contributed by atoms with Crippen molar-refractivity contribution in [1.82, 2.24) is 4.57 Å². The lowest BCUT2D eigenvalue weighted by Gasteiger charge is -2.09. The van der Waals surface area contributed by atoms with Crippen molar-refractivity contribution in [3.05, 3.63) is 92.8 Å². The average Bonchev–Trinajstić information content (AvgIpc) is 2.63. The molecule has 126 valence electrons. The average molecular weight is 397 g/mol. The van der Waals surface area contributed by atoms with E-state index in [1.165, 1.54) is 6.07 Å². The summed E-state index contributed by atoms with van der Waals surface area (Å²) < 4.78 is 8.38. The fourth-order valence-corrected chi connectivity index (χ4v) is 2.67. The molecule has 0 aliphatic heterocycles. The lowest BCUT2D eigenvalue weighted by Crippen LogP contribution is -2.13. The molecule has 1 heterocycles. The summed E-state index contributed by atoms with van der Waals surface area (Å²) in [6, 6.07) is 18.9. The molecule has 1 aromatic heterocycles. The minimum Gasteiger partial charge on any atom is -0.483 e. The van der Waals surface area contributed by atoms with Crippen LogP contribution in [-0.4, -0.2) is 10.8 Å². The summed E-state index contributed by atoms with van der Waals surface area (Å²) in [7, 11) is 1.86. The zero-order valence-electron chi connectivity index (χ0n) is 13.7. The molecule has 0 radical (unpaired) electrons. The first kappa shape index (κ1) is 17.2. The van der Waals surface area contributed by atoms with Gasteiger partial charge in [-0.25, -0.2) is 0 Å². The molecule has 0 saturated heterocycles. The van der Waals surface area contributed by atoms with Crippen LogP contribution in [-0.2, 0) is 13.7 Å². The van der Waals surface area contributed by atoms with Crippen LogP contribution in [0.3, 0.4) is 0 Å². The maximum atomic E-state index is 12.3. The standard InChI is InChI=1S/C20H17BrN2O2/c1-23-13-20(25-14-15-7-3-2-4-8-15)19(24)11-16(23)12-22-18-10-6-5-9-17(18)21/h2-13H,14H2,1H3. The van der Waals surface area contributed by atoms with Gasteiger partial charge < -0.3 is 9.30 Å². The van der Waals surface area contributed by atoms with E-state index in [4.69, 9.17) is 4.74 Å². The Labute approximate surface area is 154 Å². The van der Waals surface area contributed by atoms with Crippen molar-refractivity contribution >= 4 is 27.8 Å². The number of aromatic nitrogens is 1. The normalized spacial score (nSPS) is 11.0. The minimum absolute atomic E-state index is 0.164. The van der Waals surface area contributed by atoms with Crippen LogP contribution in [0.2, 0.25) is 0 Å². The summed E-state index contributed by atoms with van der Waals surface area (Å²) in [6.07, 6.45) is 3.36. The molecule has 25 heavy (non-hydrogen) atoms. The Bertz CT molecular complexity index is 949. The van der Waals surface area contributed by atoms with Crippen LogP contribution >= 0.6 is 15.9 Å². The number of aliphatic imine (C=N–C) groups is 1. The van der Waals surface area contributed by atoms with Crippen molar-refractivity contribution in [3.8, 4) is 5.75 Å². The summed E-state index contributed by atoms with van der Waals surface area (Å²) in [4.78, 5) is 16.7. The molecule has 0 saturated carbocycles. The Hall–Kier alpha value is -2.66. The van der Waals surface area contributed by atoms with E-state index in [1.807, 2.05) is 66.2 Å². The third kappa shape index (κ3) is 4.45. The van der Waals surface area contributed by atoms with Crippen LogP contribution < -0.4 is 10.2 Å². The van der Waals surface area contributed by atoms with E-state index in [0.717, 1.165) is 15.7 Å². The van der Waals surface area contributed by atoms with E-state index < -0.39 is 0 Å². The topological polar surface area (TPSA) is 43.6 Å². The quantitative estimate of drug-likeness (QED) is 0.596. The summed E-state index contributed by atoms with van der Waals surface area (Å²) >= 11 is 3.45. The van der Waals surface area contributed by atoms with Crippen LogP contribution in [0.5, 0.6) is 5.75 Å². The largest absolute Gasteiger partial charge is 0.483 e. The zero-order valence-corrected chi connectivity index (χ0v) is 15.3. The van der Waals surface area contributed by atoms with Crippen molar-refractivity contribution < 1.29 is 4.74 Å². The van der Waals surface area contributed by atoms with Gasteiger partial charge >= 0.3 is 0 Å². The molecule has 3 rings (SSSR count). The van der Waals surface area contributed by atoms with E-state index in [0.29, 0.717) is 18.1 Å². The van der Waals surface area contributed by atoms with Gasteiger partial charge in [-0.05, 0) is 33.6 Å². The van der Waals surface area contributed by atoms with E-state index in [9.17, 15) is 4.79 Å². The highest BCUT2D eigenvalue weighted by molar-refractivity contribution is 9.10. The summed E-state index contributed by atoms with van der Waals surface area (Å²) in [6.45, 7) is 0.362. The number of para-hydroxylation sites is 1. The molecule has 3 aromatic rings. The van der Waals surface area contributed by atoms with Gasteiger partial charge in [0.1, 0.15) is 6.61 Å². The van der Waals surface area contributed by atoms with Crippen LogP contribution in [0.1, 0.15) is 11.3 Å². The zero-order chi connectivity index (χ0) is 17.6. The molecule has 0 bridgehead atoms. The van der Waals surface area contributed by atoms with Gasteiger partial charge in [-0.3, -0.25) is 9.79 Å². The first-order valence-electron chi connectivity index (χ1n) is 7.79. The third-order valence-electron chi connectivity index (χ3n) is 3.67. The second-order valence-corrected chi connectivity index (χ2v) is 6.38. The van der Waals surface area contributed by atoms with E-state index in [-0.39, 0.29) is 5.43 Å². The van der Waals surface area contributed by atoms with Gasteiger partial charge in [0.2, 0.25) is 5.43 Å². The van der Waals surface area contributed by atoms with E-state index >= 15 is 0 Å². The molecule has 0 aliphatic rings. The van der Waals surface area contributed by atoms with Crippen molar-refractivity contribution in [2.75, 3.05) is 0 Å². The Morgan fingerprint density at radius 2 is 1.84 bits per heavy atom. The fraction of sp³-hybridized carbons (Fsp3) is 0.100.